The van der Waals surface area contributed by atoms with Gasteiger partial charge in [-0.3, -0.25) is 4.79 Å². The van der Waals surface area contributed by atoms with Gasteiger partial charge in [0, 0.05) is 24.2 Å². The second-order valence-electron chi connectivity index (χ2n) is 7.26. The lowest BCUT2D eigenvalue weighted by molar-refractivity contribution is -0.113. The number of carbonyl (C=O) groups is 1. The fraction of sp³-hybridized carbons (Fsp3) is 0.350. The van der Waals surface area contributed by atoms with Crippen molar-refractivity contribution in [1.29, 1.82) is 0 Å². The minimum Gasteiger partial charge on any atom is -0.373 e. The summed E-state index contributed by atoms with van der Waals surface area (Å²) in [6.07, 6.45) is 1.19. The summed E-state index contributed by atoms with van der Waals surface area (Å²) in [7, 11) is -3.61. The van der Waals surface area contributed by atoms with E-state index >= 15 is 0 Å². The Hall–Kier alpha value is -2.05. The van der Waals surface area contributed by atoms with Gasteiger partial charge in [-0.05, 0) is 49.6 Å². The molecule has 31 heavy (non-hydrogen) atoms. The molecule has 0 spiro atoms. The van der Waals surface area contributed by atoms with Crippen LogP contribution in [0.5, 0.6) is 0 Å². The monoisotopic (exact) mass is 478 g/mol. The van der Waals surface area contributed by atoms with Crippen molar-refractivity contribution in [2.75, 3.05) is 24.2 Å². The first-order valence-corrected chi connectivity index (χ1v) is 13.0. The van der Waals surface area contributed by atoms with Gasteiger partial charge in [-0.15, -0.1) is 11.3 Å². The third kappa shape index (κ3) is 5.07. The molecule has 3 heterocycles. The van der Waals surface area contributed by atoms with Crippen LogP contribution in [0, 0.1) is 0 Å². The van der Waals surface area contributed by atoms with Crippen molar-refractivity contribution in [1.82, 2.24) is 14.3 Å². The van der Waals surface area contributed by atoms with Gasteiger partial charge in [0.25, 0.3) is 0 Å². The van der Waals surface area contributed by atoms with Crippen molar-refractivity contribution in [2.45, 2.75) is 36.0 Å². The second kappa shape index (κ2) is 9.21. The van der Waals surface area contributed by atoms with Crippen LogP contribution in [-0.4, -0.2) is 59.6 Å². The average molecular weight is 479 g/mol. The van der Waals surface area contributed by atoms with E-state index in [4.69, 9.17) is 4.74 Å². The van der Waals surface area contributed by atoms with E-state index < -0.39 is 10.0 Å². The Bertz CT molecular complexity index is 1170. The zero-order chi connectivity index (χ0) is 22.0. The third-order valence-electron chi connectivity index (χ3n) is 4.73. The van der Waals surface area contributed by atoms with Gasteiger partial charge >= 0.3 is 0 Å². The number of thioether (sulfide) groups is 1. The average Bonchev–Trinajstić information content (AvgIpc) is 3.21. The van der Waals surface area contributed by atoms with Crippen molar-refractivity contribution >= 4 is 54.9 Å². The SMILES string of the molecule is C[C@H]1CN(S(=O)(=O)c2ccc(NC(=O)CSc3ncnc4sccc34)cc2)C[C@H](C)O1. The Morgan fingerprint density at radius 3 is 2.61 bits per heavy atom. The zero-order valence-corrected chi connectivity index (χ0v) is 19.5. The molecular formula is C20H22N4O4S3. The van der Waals surface area contributed by atoms with E-state index in [2.05, 4.69) is 15.3 Å². The summed E-state index contributed by atoms with van der Waals surface area (Å²) in [5.74, 6) is -0.00982. The van der Waals surface area contributed by atoms with Crippen molar-refractivity contribution in [3.05, 3.63) is 42.0 Å². The Labute approximate surface area is 189 Å². The number of benzene rings is 1. The van der Waals surface area contributed by atoms with Crippen LogP contribution < -0.4 is 5.32 Å². The van der Waals surface area contributed by atoms with Crippen molar-refractivity contribution in [3.8, 4) is 0 Å². The van der Waals surface area contributed by atoms with Crippen LogP contribution in [0.15, 0.2) is 52.0 Å². The van der Waals surface area contributed by atoms with Gasteiger partial charge in [-0.2, -0.15) is 4.31 Å². The minimum absolute atomic E-state index is 0.153. The first-order valence-electron chi connectivity index (χ1n) is 9.69. The lowest BCUT2D eigenvalue weighted by Crippen LogP contribution is -2.48. The van der Waals surface area contributed by atoms with E-state index in [-0.39, 0.29) is 28.8 Å². The Morgan fingerprint density at radius 2 is 1.90 bits per heavy atom. The summed E-state index contributed by atoms with van der Waals surface area (Å²) in [5, 5.41) is 6.44. The molecule has 3 aromatic rings. The number of hydrogen-bond donors (Lipinski definition) is 1. The number of sulfonamides is 1. The van der Waals surface area contributed by atoms with Crippen LogP contribution in [0.4, 0.5) is 5.69 Å². The Morgan fingerprint density at radius 1 is 1.19 bits per heavy atom. The molecule has 4 rings (SSSR count). The molecule has 1 aliphatic heterocycles. The van der Waals surface area contributed by atoms with Crippen molar-refractivity contribution in [3.63, 3.8) is 0 Å². The molecule has 2 atom stereocenters. The molecule has 1 saturated heterocycles. The first kappa shape index (κ1) is 22.2. The molecule has 1 aliphatic rings. The van der Waals surface area contributed by atoms with E-state index in [0.29, 0.717) is 18.8 Å². The lowest BCUT2D eigenvalue weighted by atomic mass is 10.3. The summed E-state index contributed by atoms with van der Waals surface area (Å²) in [6.45, 7) is 4.37. The number of nitrogens with one attached hydrogen (secondary N) is 1. The summed E-state index contributed by atoms with van der Waals surface area (Å²) in [6, 6.07) is 8.18. The number of thiophene rings is 1. The maximum Gasteiger partial charge on any atom is 0.243 e. The van der Waals surface area contributed by atoms with Crippen LogP contribution in [0.25, 0.3) is 10.2 Å². The molecule has 0 bridgehead atoms. The lowest BCUT2D eigenvalue weighted by Gasteiger charge is -2.34. The zero-order valence-electron chi connectivity index (χ0n) is 17.0. The molecule has 0 aliphatic carbocycles. The molecule has 11 heteroatoms. The molecule has 0 saturated carbocycles. The Balaban J connectivity index is 1.38. The van der Waals surface area contributed by atoms with Crippen LogP contribution >= 0.6 is 23.1 Å². The van der Waals surface area contributed by atoms with E-state index in [1.54, 1.807) is 12.1 Å². The number of carbonyl (C=O) groups excluding carboxylic acids is 1. The number of amides is 1. The van der Waals surface area contributed by atoms with E-state index in [0.717, 1.165) is 15.2 Å². The highest BCUT2D eigenvalue weighted by Gasteiger charge is 2.32. The molecule has 8 nitrogen and oxygen atoms in total. The fourth-order valence-electron chi connectivity index (χ4n) is 3.40. The van der Waals surface area contributed by atoms with Gasteiger partial charge in [0.05, 0.1) is 22.9 Å². The standard InChI is InChI=1S/C20H22N4O4S3/c1-13-9-24(10-14(2)28-13)31(26,27)16-5-3-15(4-6-16)23-18(25)11-30-20-17-7-8-29-19(17)21-12-22-20/h3-8,12-14H,9-11H2,1-2H3,(H,23,25)/t13-,14-/m0/s1. The number of rotatable bonds is 6. The molecule has 0 unspecified atom stereocenters. The van der Waals surface area contributed by atoms with Crippen molar-refractivity contribution < 1.29 is 17.9 Å². The number of aromatic nitrogens is 2. The number of ether oxygens (including phenoxy) is 1. The Kier molecular flexibility index (Phi) is 6.58. The van der Waals surface area contributed by atoms with Crippen molar-refractivity contribution in [2.24, 2.45) is 0 Å². The van der Waals surface area contributed by atoms with Crippen LogP contribution in [0.1, 0.15) is 13.8 Å². The third-order valence-corrected chi connectivity index (χ3v) is 8.40. The highest BCUT2D eigenvalue weighted by Crippen LogP contribution is 2.28. The van der Waals surface area contributed by atoms with Gasteiger partial charge in [0.2, 0.25) is 15.9 Å². The predicted molar refractivity (Wildman–Crippen MR) is 122 cm³/mol. The number of nitrogens with zero attached hydrogens (tertiary/aromatic N) is 3. The summed E-state index contributed by atoms with van der Waals surface area (Å²) in [5.41, 5.74) is 0.539. The molecule has 1 fully saturated rings. The van der Waals surface area contributed by atoms with Gasteiger partial charge in [-0.1, -0.05) is 11.8 Å². The van der Waals surface area contributed by atoms with Gasteiger partial charge < -0.3 is 10.1 Å². The molecule has 164 valence electrons. The molecule has 1 aromatic carbocycles. The van der Waals surface area contributed by atoms with Crippen LogP contribution in [0.2, 0.25) is 0 Å². The van der Waals surface area contributed by atoms with E-state index in [1.807, 2.05) is 25.3 Å². The number of hydrogen-bond acceptors (Lipinski definition) is 8. The summed E-state index contributed by atoms with van der Waals surface area (Å²) < 4.78 is 32.9. The molecule has 1 N–H and O–H groups in total. The fourth-order valence-corrected chi connectivity index (χ4v) is 6.57. The smallest absolute Gasteiger partial charge is 0.243 e. The molecule has 1 amide bonds. The van der Waals surface area contributed by atoms with Gasteiger partial charge in [0.15, 0.2) is 0 Å². The number of anilines is 1. The van der Waals surface area contributed by atoms with Crippen LogP contribution in [0.3, 0.4) is 0 Å². The normalized spacial score (nSPS) is 20.1. The van der Waals surface area contributed by atoms with E-state index in [1.165, 1.54) is 45.9 Å². The minimum atomic E-state index is -3.61. The summed E-state index contributed by atoms with van der Waals surface area (Å²) >= 11 is 2.87. The summed E-state index contributed by atoms with van der Waals surface area (Å²) in [4.78, 5) is 21.9. The maximum atomic E-state index is 12.9. The van der Waals surface area contributed by atoms with Gasteiger partial charge in [-0.25, -0.2) is 18.4 Å². The number of fused-ring (bicyclic) bond motifs is 1. The molecule has 0 radical (unpaired) electrons. The molecule has 2 aromatic heterocycles. The first-order chi connectivity index (χ1) is 14.8. The largest absolute Gasteiger partial charge is 0.373 e. The maximum absolute atomic E-state index is 12.9. The molecular weight excluding hydrogens is 456 g/mol. The van der Waals surface area contributed by atoms with E-state index in [9.17, 15) is 13.2 Å². The highest BCUT2D eigenvalue weighted by atomic mass is 32.2. The second-order valence-corrected chi connectivity index (χ2v) is 11.1. The van der Waals surface area contributed by atoms with Gasteiger partial charge in [0.1, 0.15) is 16.2 Å². The highest BCUT2D eigenvalue weighted by molar-refractivity contribution is 8.00. The topological polar surface area (TPSA) is 101 Å². The van der Waals surface area contributed by atoms with Crippen LogP contribution in [-0.2, 0) is 19.6 Å². The predicted octanol–water partition coefficient (Wildman–Crippen LogP) is 3.22. The quantitative estimate of drug-likeness (QED) is 0.429. The number of morpholine rings is 1.